The maximum absolute atomic E-state index is 12.9. The van der Waals surface area contributed by atoms with Crippen LogP contribution in [0.2, 0.25) is 0 Å². The summed E-state index contributed by atoms with van der Waals surface area (Å²) >= 11 is 3.45. The van der Waals surface area contributed by atoms with Crippen LogP contribution in [0.25, 0.3) is 0 Å². The van der Waals surface area contributed by atoms with Crippen LogP contribution in [0.1, 0.15) is 28.0 Å². The monoisotopic (exact) mass is 416 g/mol. The SMILES string of the molecule is Cc1nc(COc2cccc(C(=O)N3CCN(C4=NC[C@@H](C)S4)CC3)c2)cs1. The number of amidine groups is 1. The van der Waals surface area contributed by atoms with Gasteiger partial charge in [-0.15, -0.1) is 11.3 Å². The Morgan fingerprint density at radius 2 is 2.11 bits per heavy atom. The predicted octanol–water partition coefficient (Wildman–Crippen LogP) is 3.28. The lowest BCUT2D eigenvalue weighted by atomic mass is 10.1. The van der Waals surface area contributed by atoms with Gasteiger partial charge in [0.1, 0.15) is 12.4 Å². The molecule has 0 unspecified atom stereocenters. The minimum absolute atomic E-state index is 0.0592. The molecule has 0 bridgehead atoms. The van der Waals surface area contributed by atoms with Crippen LogP contribution in [0.5, 0.6) is 5.75 Å². The number of thiazole rings is 1. The van der Waals surface area contributed by atoms with E-state index in [-0.39, 0.29) is 5.91 Å². The van der Waals surface area contributed by atoms with Crippen LogP contribution in [-0.2, 0) is 6.61 Å². The fourth-order valence-electron chi connectivity index (χ4n) is 3.27. The summed E-state index contributed by atoms with van der Waals surface area (Å²) in [6.45, 7) is 8.60. The second-order valence-electron chi connectivity index (χ2n) is 7.01. The molecule has 1 atom stereocenters. The third-order valence-electron chi connectivity index (χ3n) is 4.76. The highest BCUT2D eigenvalue weighted by Gasteiger charge is 2.27. The fourth-order valence-corrected chi connectivity index (χ4v) is 4.86. The first kappa shape index (κ1) is 19.3. The molecule has 1 fully saturated rings. The number of amides is 1. The number of rotatable bonds is 4. The Bertz CT molecular complexity index is 875. The molecule has 0 radical (unpaired) electrons. The standard InChI is InChI=1S/C20H24N4O2S2/c1-14-11-21-20(28-14)24-8-6-23(7-9-24)19(25)16-4-3-5-18(10-16)26-12-17-13-27-15(2)22-17/h3-5,10,13-14H,6-9,11-12H2,1-2H3/t14-/m1/s1. The average Bonchev–Trinajstić information content (AvgIpc) is 3.34. The van der Waals surface area contributed by atoms with Crippen molar-refractivity contribution in [3.63, 3.8) is 0 Å². The summed E-state index contributed by atoms with van der Waals surface area (Å²) in [6, 6.07) is 7.43. The Labute approximate surface area is 173 Å². The van der Waals surface area contributed by atoms with Gasteiger partial charge < -0.3 is 14.5 Å². The number of aromatic nitrogens is 1. The van der Waals surface area contributed by atoms with E-state index in [1.165, 1.54) is 0 Å². The quantitative estimate of drug-likeness (QED) is 0.766. The number of nitrogens with zero attached hydrogens (tertiary/aromatic N) is 4. The van der Waals surface area contributed by atoms with E-state index < -0.39 is 0 Å². The van der Waals surface area contributed by atoms with Crippen LogP contribution in [0, 0.1) is 6.92 Å². The Morgan fingerprint density at radius 1 is 1.29 bits per heavy atom. The largest absolute Gasteiger partial charge is 0.487 e. The second kappa shape index (κ2) is 8.53. The van der Waals surface area contributed by atoms with Gasteiger partial charge in [0.2, 0.25) is 0 Å². The van der Waals surface area contributed by atoms with Crippen molar-refractivity contribution in [1.29, 1.82) is 0 Å². The summed E-state index contributed by atoms with van der Waals surface area (Å²) in [4.78, 5) is 26.1. The minimum Gasteiger partial charge on any atom is -0.487 e. The number of ether oxygens (including phenoxy) is 1. The molecule has 0 saturated carbocycles. The van der Waals surface area contributed by atoms with E-state index in [9.17, 15) is 4.79 Å². The Kier molecular flexibility index (Phi) is 5.87. The van der Waals surface area contributed by atoms with Crippen LogP contribution >= 0.6 is 23.1 Å². The third-order valence-corrected chi connectivity index (χ3v) is 6.73. The first-order valence-electron chi connectivity index (χ1n) is 9.47. The molecule has 28 heavy (non-hydrogen) atoms. The summed E-state index contributed by atoms with van der Waals surface area (Å²) in [5, 5.41) is 4.72. The van der Waals surface area contributed by atoms with Crippen molar-refractivity contribution in [1.82, 2.24) is 14.8 Å². The fraction of sp³-hybridized carbons (Fsp3) is 0.450. The van der Waals surface area contributed by atoms with E-state index in [1.807, 2.05) is 53.2 Å². The van der Waals surface area contributed by atoms with Gasteiger partial charge >= 0.3 is 0 Å². The van der Waals surface area contributed by atoms with Crippen LogP contribution in [0.15, 0.2) is 34.6 Å². The summed E-state index contributed by atoms with van der Waals surface area (Å²) in [5.74, 6) is 0.754. The van der Waals surface area contributed by atoms with E-state index in [4.69, 9.17) is 4.74 Å². The molecule has 1 amide bonds. The van der Waals surface area contributed by atoms with Gasteiger partial charge in [0, 0.05) is 42.4 Å². The zero-order chi connectivity index (χ0) is 19.5. The van der Waals surface area contributed by atoms with Crippen molar-refractivity contribution in [3.05, 3.63) is 45.9 Å². The summed E-state index contributed by atoms with van der Waals surface area (Å²) in [7, 11) is 0. The normalized spacial score (nSPS) is 19.6. The van der Waals surface area contributed by atoms with Crippen LogP contribution in [0.4, 0.5) is 0 Å². The minimum atomic E-state index is 0.0592. The number of benzene rings is 1. The van der Waals surface area contributed by atoms with Gasteiger partial charge in [-0.3, -0.25) is 9.79 Å². The number of carbonyl (C=O) groups excluding carboxylic acids is 1. The lowest BCUT2D eigenvalue weighted by Gasteiger charge is -2.35. The van der Waals surface area contributed by atoms with Crippen molar-refractivity contribution >= 4 is 34.2 Å². The van der Waals surface area contributed by atoms with Gasteiger partial charge in [-0.05, 0) is 25.1 Å². The van der Waals surface area contributed by atoms with Gasteiger partial charge in [-0.1, -0.05) is 24.8 Å². The zero-order valence-corrected chi connectivity index (χ0v) is 17.8. The average molecular weight is 417 g/mol. The topological polar surface area (TPSA) is 58.0 Å². The number of aliphatic imine (C=N–C) groups is 1. The highest BCUT2D eigenvalue weighted by atomic mass is 32.2. The van der Waals surface area contributed by atoms with Crippen molar-refractivity contribution in [3.8, 4) is 5.75 Å². The van der Waals surface area contributed by atoms with E-state index in [1.54, 1.807) is 11.3 Å². The van der Waals surface area contributed by atoms with E-state index >= 15 is 0 Å². The number of aryl methyl sites for hydroxylation is 1. The maximum Gasteiger partial charge on any atom is 0.254 e. The van der Waals surface area contributed by atoms with Gasteiger partial charge in [0.05, 0.1) is 17.2 Å². The maximum atomic E-state index is 12.9. The van der Waals surface area contributed by atoms with Crippen LogP contribution in [-0.4, -0.2) is 63.8 Å². The molecule has 6 nitrogen and oxygen atoms in total. The molecule has 2 aliphatic rings. The lowest BCUT2D eigenvalue weighted by molar-refractivity contribution is 0.0693. The first-order valence-corrected chi connectivity index (χ1v) is 11.2. The number of hydrogen-bond donors (Lipinski definition) is 0. The highest BCUT2D eigenvalue weighted by Crippen LogP contribution is 2.24. The molecule has 0 aliphatic carbocycles. The van der Waals surface area contributed by atoms with E-state index in [0.717, 1.165) is 48.6 Å². The molecule has 2 aromatic rings. The third kappa shape index (κ3) is 4.50. The molecule has 1 aromatic heterocycles. The molecule has 8 heteroatoms. The van der Waals surface area contributed by atoms with E-state index in [0.29, 0.717) is 23.2 Å². The number of hydrogen-bond acceptors (Lipinski definition) is 7. The van der Waals surface area contributed by atoms with Gasteiger partial charge in [0.25, 0.3) is 5.91 Å². The summed E-state index contributed by atoms with van der Waals surface area (Å²) in [6.07, 6.45) is 0. The molecule has 3 heterocycles. The zero-order valence-electron chi connectivity index (χ0n) is 16.1. The lowest BCUT2D eigenvalue weighted by Crippen LogP contribution is -2.49. The molecule has 2 aliphatic heterocycles. The smallest absolute Gasteiger partial charge is 0.254 e. The highest BCUT2D eigenvalue weighted by molar-refractivity contribution is 8.14. The molecule has 4 rings (SSSR count). The molecule has 148 valence electrons. The number of thioether (sulfide) groups is 1. The molecule has 0 N–H and O–H groups in total. The van der Waals surface area contributed by atoms with Crippen molar-refractivity contribution in [2.24, 2.45) is 4.99 Å². The second-order valence-corrected chi connectivity index (χ2v) is 9.47. The first-order chi connectivity index (χ1) is 13.6. The molecule has 0 spiro atoms. The van der Waals surface area contributed by atoms with Crippen molar-refractivity contribution < 1.29 is 9.53 Å². The van der Waals surface area contributed by atoms with Crippen molar-refractivity contribution in [2.45, 2.75) is 25.7 Å². The summed E-state index contributed by atoms with van der Waals surface area (Å²) in [5.41, 5.74) is 1.58. The number of piperazine rings is 1. The van der Waals surface area contributed by atoms with Crippen LogP contribution < -0.4 is 4.74 Å². The van der Waals surface area contributed by atoms with Gasteiger partial charge in [0.15, 0.2) is 5.17 Å². The van der Waals surface area contributed by atoms with Crippen LogP contribution in [0.3, 0.4) is 0 Å². The van der Waals surface area contributed by atoms with Gasteiger partial charge in [-0.25, -0.2) is 4.98 Å². The molecule has 1 aromatic carbocycles. The predicted molar refractivity (Wildman–Crippen MR) is 114 cm³/mol. The van der Waals surface area contributed by atoms with Crippen molar-refractivity contribution in [2.75, 3.05) is 32.7 Å². The van der Waals surface area contributed by atoms with E-state index in [2.05, 4.69) is 21.8 Å². The Balaban J connectivity index is 1.33. The summed E-state index contributed by atoms with van der Waals surface area (Å²) < 4.78 is 5.82. The molecule has 1 saturated heterocycles. The Hall–Kier alpha value is -2.06. The molecular weight excluding hydrogens is 392 g/mol. The number of carbonyl (C=O) groups is 1. The Morgan fingerprint density at radius 3 is 2.79 bits per heavy atom. The van der Waals surface area contributed by atoms with Gasteiger partial charge in [-0.2, -0.15) is 0 Å². The molecular formula is C20H24N4O2S2.